The first-order chi connectivity index (χ1) is 9.24. The van der Waals surface area contributed by atoms with Gasteiger partial charge in [-0.05, 0) is 17.7 Å². The first-order valence-electron chi connectivity index (χ1n) is 5.31. The van der Waals surface area contributed by atoms with Crippen LogP contribution in [0.3, 0.4) is 0 Å². The largest absolute Gasteiger partial charge is 0.456 e. The number of carbonyl (C=O) groups excluding carboxylic acids is 1. The van der Waals surface area contributed by atoms with Crippen molar-refractivity contribution in [2.24, 2.45) is 5.11 Å². The molecule has 0 bridgehead atoms. The molecule has 8 heteroatoms. The van der Waals surface area contributed by atoms with E-state index < -0.39 is 5.97 Å². The van der Waals surface area contributed by atoms with Gasteiger partial charge >= 0.3 is 5.97 Å². The van der Waals surface area contributed by atoms with Crippen LogP contribution in [0.25, 0.3) is 16.1 Å². The van der Waals surface area contributed by atoms with Crippen molar-refractivity contribution in [3.63, 3.8) is 0 Å². The van der Waals surface area contributed by atoms with E-state index in [4.69, 9.17) is 16.0 Å². The molecule has 1 heterocycles. The van der Waals surface area contributed by atoms with Crippen LogP contribution in [0.2, 0.25) is 0 Å². The Hall–Kier alpha value is -2.99. The smallest absolute Gasteiger partial charge is 0.343 e. The number of para-hydroxylation sites is 1. The summed E-state index contributed by atoms with van der Waals surface area (Å²) in [5.41, 5.74) is 14.8. The number of carbonyl (C=O) groups is 1. The number of hydrogen-bond donors (Lipinski definition) is 1. The highest BCUT2D eigenvalue weighted by Gasteiger charge is 2.16. The molecule has 0 spiro atoms. The van der Waals surface area contributed by atoms with Crippen molar-refractivity contribution in [3.8, 4) is 5.69 Å². The lowest BCUT2D eigenvalue weighted by molar-refractivity contribution is 0.0517. The van der Waals surface area contributed by atoms with E-state index in [1.54, 1.807) is 12.1 Å². The van der Waals surface area contributed by atoms with Crippen molar-refractivity contribution in [1.29, 1.82) is 0 Å². The molecule has 0 fully saturated rings. The van der Waals surface area contributed by atoms with Gasteiger partial charge in [-0.1, -0.05) is 23.3 Å². The summed E-state index contributed by atoms with van der Waals surface area (Å²) in [6, 6.07) is 9.13. The number of rotatable bonds is 4. The minimum absolute atomic E-state index is 0.122. The third-order valence-corrected chi connectivity index (χ3v) is 2.34. The van der Waals surface area contributed by atoms with Gasteiger partial charge in [-0.25, -0.2) is 9.48 Å². The van der Waals surface area contributed by atoms with Gasteiger partial charge in [0, 0.05) is 4.91 Å². The number of aromatic nitrogens is 2. The number of hydrogen-bond acceptors (Lipinski definition) is 5. The van der Waals surface area contributed by atoms with Gasteiger partial charge in [0.2, 0.25) is 0 Å². The van der Waals surface area contributed by atoms with Crippen LogP contribution >= 0.6 is 0 Å². The average molecular weight is 258 g/mol. The van der Waals surface area contributed by atoms with E-state index in [1.807, 2.05) is 18.2 Å². The van der Waals surface area contributed by atoms with E-state index in [1.165, 1.54) is 10.9 Å². The Kier molecular flexibility index (Phi) is 3.65. The van der Waals surface area contributed by atoms with Gasteiger partial charge < -0.3 is 10.5 Å². The lowest BCUT2D eigenvalue weighted by Gasteiger charge is -2.04. The molecule has 1 aromatic heterocycles. The second-order valence-corrected chi connectivity index (χ2v) is 3.48. The molecule has 0 aliphatic carbocycles. The zero-order valence-corrected chi connectivity index (χ0v) is 9.80. The van der Waals surface area contributed by atoms with Crippen molar-refractivity contribution in [3.05, 3.63) is 52.5 Å². The first kappa shape index (κ1) is 12.5. The van der Waals surface area contributed by atoms with Crippen LogP contribution < -0.4 is 5.73 Å². The Balaban J connectivity index is 2.23. The second-order valence-electron chi connectivity index (χ2n) is 3.48. The molecule has 1 aromatic carbocycles. The molecule has 2 N–H and O–H groups in total. The van der Waals surface area contributed by atoms with Crippen LogP contribution in [0.15, 0.2) is 41.6 Å². The molecule has 19 heavy (non-hydrogen) atoms. The first-order valence-corrected chi connectivity index (χ1v) is 5.31. The monoisotopic (exact) mass is 258 g/mol. The quantitative estimate of drug-likeness (QED) is 0.389. The highest BCUT2D eigenvalue weighted by atomic mass is 16.5. The number of benzene rings is 1. The fraction of sp³-hybridized carbons (Fsp3) is 0.0909. The lowest BCUT2D eigenvalue weighted by Crippen LogP contribution is -2.09. The summed E-state index contributed by atoms with van der Waals surface area (Å²) in [7, 11) is 0. The maximum absolute atomic E-state index is 11.6. The summed E-state index contributed by atoms with van der Waals surface area (Å²) in [4.78, 5) is 14.1. The predicted octanol–water partition coefficient (Wildman–Crippen LogP) is 1.88. The van der Waals surface area contributed by atoms with Crippen molar-refractivity contribution >= 4 is 11.8 Å². The minimum Gasteiger partial charge on any atom is -0.456 e. The van der Waals surface area contributed by atoms with E-state index in [-0.39, 0.29) is 18.1 Å². The molecule has 0 aliphatic rings. The van der Waals surface area contributed by atoms with Crippen molar-refractivity contribution < 1.29 is 9.53 Å². The topological polar surface area (TPSA) is 119 Å². The maximum atomic E-state index is 11.6. The van der Waals surface area contributed by atoms with Crippen molar-refractivity contribution in [1.82, 2.24) is 9.78 Å². The molecule has 8 nitrogen and oxygen atoms in total. The highest BCUT2D eigenvalue weighted by molar-refractivity contribution is 5.94. The molecule has 0 unspecified atom stereocenters. The normalized spacial score (nSPS) is 9.68. The molecule has 0 radical (unpaired) electrons. The fourth-order valence-corrected chi connectivity index (χ4v) is 1.48. The van der Waals surface area contributed by atoms with Crippen LogP contribution in [-0.2, 0) is 4.74 Å². The van der Waals surface area contributed by atoms with E-state index in [9.17, 15) is 4.79 Å². The third kappa shape index (κ3) is 2.64. The van der Waals surface area contributed by atoms with E-state index in [0.717, 1.165) is 5.69 Å². The molecule has 2 aromatic rings. The third-order valence-electron chi connectivity index (χ3n) is 2.34. The average Bonchev–Trinajstić information content (AvgIpc) is 2.82. The van der Waals surface area contributed by atoms with Gasteiger partial charge in [-0.2, -0.15) is 5.10 Å². The number of azide groups is 1. The number of nitrogen functional groups attached to an aromatic ring is 1. The van der Waals surface area contributed by atoms with Crippen LogP contribution in [-0.4, -0.2) is 22.5 Å². The molecule has 0 atom stereocenters. The van der Waals surface area contributed by atoms with Gasteiger partial charge in [0.25, 0.3) is 0 Å². The summed E-state index contributed by atoms with van der Waals surface area (Å²) in [5.74, 6) is -0.524. The molecule has 2 rings (SSSR count). The molecular weight excluding hydrogens is 248 g/mol. The Morgan fingerprint density at radius 2 is 2.21 bits per heavy atom. The highest BCUT2D eigenvalue weighted by Crippen LogP contribution is 2.17. The zero-order valence-electron chi connectivity index (χ0n) is 9.80. The van der Waals surface area contributed by atoms with Crippen LogP contribution in [0.5, 0.6) is 0 Å². The summed E-state index contributed by atoms with van der Waals surface area (Å²) in [6.45, 7) is -0.384. The standard InChI is InChI=1S/C11H10N6O2/c12-10-9(11(18)19-7-14-16-13)6-15-17(10)8-4-2-1-3-5-8/h1-6H,7,12H2. The molecule has 96 valence electrons. The summed E-state index contributed by atoms with van der Waals surface area (Å²) >= 11 is 0. The summed E-state index contributed by atoms with van der Waals surface area (Å²) < 4.78 is 6.13. The minimum atomic E-state index is -0.688. The van der Waals surface area contributed by atoms with Gasteiger partial charge in [0.1, 0.15) is 11.4 Å². The Bertz CT molecular complexity index is 630. The number of nitrogens with zero attached hydrogens (tertiary/aromatic N) is 5. The Morgan fingerprint density at radius 1 is 1.47 bits per heavy atom. The maximum Gasteiger partial charge on any atom is 0.343 e. The van der Waals surface area contributed by atoms with Gasteiger partial charge in [0.05, 0.1) is 11.9 Å². The number of ether oxygens (including phenoxy) is 1. The number of nitrogens with two attached hydrogens (primary N) is 1. The van der Waals surface area contributed by atoms with Crippen LogP contribution in [0.4, 0.5) is 5.82 Å². The van der Waals surface area contributed by atoms with Crippen LogP contribution in [0.1, 0.15) is 10.4 Å². The van der Waals surface area contributed by atoms with E-state index >= 15 is 0 Å². The Morgan fingerprint density at radius 3 is 2.89 bits per heavy atom. The fourth-order valence-electron chi connectivity index (χ4n) is 1.48. The predicted molar refractivity (Wildman–Crippen MR) is 67.4 cm³/mol. The summed E-state index contributed by atoms with van der Waals surface area (Å²) in [6.07, 6.45) is 1.31. The van der Waals surface area contributed by atoms with Crippen LogP contribution in [0, 0.1) is 0 Å². The molecule has 0 aliphatic heterocycles. The second kappa shape index (κ2) is 5.56. The van der Waals surface area contributed by atoms with Gasteiger partial charge in [0.15, 0.2) is 6.73 Å². The van der Waals surface area contributed by atoms with Crippen molar-refractivity contribution in [2.45, 2.75) is 0 Å². The zero-order chi connectivity index (χ0) is 13.7. The molecule has 0 amide bonds. The molecule has 0 saturated heterocycles. The number of anilines is 1. The lowest BCUT2D eigenvalue weighted by atomic mass is 10.3. The SMILES string of the molecule is [N-]=[N+]=NCOC(=O)c1cnn(-c2ccccc2)c1N. The van der Waals surface area contributed by atoms with Gasteiger partial charge in [-0.15, -0.1) is 0 Å². The van der Waals surface area contributed by atoms with Gasteiger partial charge in [-0.3, -0.25) is 0 Å². The Labute approximate surface area is 108 Å². The van der Waals surface area contributed by atoms with Crippen molar-refractivity contribution in [2.75, 3.05) is 12.5 Å². The van der Waals surface area contributed by atoms with E-state index in [0.29, 0.717) is 0 Å². The molecular formula is C11H10N6O2. The summed E-state index contributed by atoms with van der Waals surface area (Å²) in [5, 5.41) is 7.12. The number of esters is 1. The van der Waals surface area contributed by atoms with E-state index in [2.05, 4.69) is 15.1 Å². The molecule has 0 saturated carbocycles.